The quantitative estimate of drug-likeness (QED) is 0.588. The number of benzene rings is 1. The number of nitrogens with zero attached hydrogens (tertiary/aromatic N) is 1. The highest BCUT2D eigenvalue weighted by Gasteiger charge is 2.67. The fourth-order valence-electron chi connectivity index (χ4n) is 4.14. The van der Waals surface area contributed by atoms with Crippen LogP contribution in [0.5, 0.6) is 0 Å². The molecule has 0 unspecified atom stereocenters. The first kappa shape index (κ1) is 12.2. The molecule has 0 N–H and O–H groups in total. The van der Waals surface area contributed by atoms with Gasteiger partial charge in [0.05, 0.1) is 17.0 Å². The van der Waals surface area contributed by atoms with Gasteiger partial charge in [-0.05, 0) is 49.4 Å². The molecule has 2 bridgehead atoms. The first-order valence-corrected chi connectivity index (χ1v) is 7.23. The number of carbonyl (C=O) groups excluding carboxylic acids is 2. The lowest BCUT2D eigenvalue weighted by Gasteiger charge is -2.28. The molecule has 1 heterocycles. The van der Waals surface area contributed by atoms with E-state index >= 15 is 0 Å². The Morgan fingerprint density at radius 2 is 1.90 bits per heavy atom. The molecular formula is C16H14ClNO2. The summed E-state index contributed by atoms with van der Waals surface area (Å²) >= 11 is 5.87. The minimum absolute atomic E-state index is 0.0586. The molecule has 0 spiro atoms. The van der Waals surface area contributed by atoms with Crippen LogP contribution in [0.25, 0.3) is 0 Å². The van der Waals surface area contributed by atoms with Crippen molar-refractivity contribution in [2.45, 2.75) is 13.3 Å². The van der Waals surface area contributed by atoms with Crippen LogP contribution in [-0.4, -0.2) is 11.8 Å². The Morgan fingerprint density at radius 1 is 1.20 bits per heavy atom. The molecular weight excluding hydrogens is 274 g/mol. The van der Waals surface area contributed by atoms with Crippen LogP contribution in [-0.2, 0) is 9.59 Å². The summed E-state index contributed by atoms with van der Waals surface area (Å²) in [6.45, 7) is 1.95. The second kappa shape index (κ2) is 3.73. The molecule has 1 saturated carbocycles. The number of hydrogen-bond acceptors (Lipinski definition) is 2. The van der Waals surface area contributed by atoms with E-state index < -0.39 is 5.41 Å². The summed E-state index contributed by atoms with van der Waals surface area (Å²) in [4.78, 5) is 26.9. The van der Waals surface area contributed by atoms with Gasteiger partial charge in [-0.15, -0.1) is 0 Å². The van der Waals surface area contributed by atoms with E-state index in [2.05, 4.69) is 12.2 Å². The fourth-order valence-corrected chi connectivity index (χ4v) is 4.27. The molecule has 1 saturated heterocycles. The Hall–Kier alpha value is -1.61. The maximum atomic E-state index is 12.8. The average molecular weight is 288 g/mol. The maximum Gasteiger partial charge on any atom is 0.241 e. The number of anilines is 1. The van der Waals surface area contributed by atoms with E-state index in [4.69, 9.17) is 11.6 Å². The Balaban J connectivity index is 1.80. The highest BCUT2D eigenvalue weighted by Crippen LogP contribution is 2.60. The molecule has 0 aromatic heterocycles. The molecule has 3 nitrogen and oxygen atoms in total. The summed E-state index contributed by atoms with van der Waals surface area (Å²) in [7, 11) is 0. The van der Waals surface area contributed by atoms with E-state index in [1.165, 1.54) is 4.90 Å². The monoisotopic (exact) mass is 287 g/mol. The van der Waals surface area contributed by atoms with Crippen molar-refractivity contribution in [3.63, 3.8) is 0 Å². The zero-order valence-corrected chi connectivity index (χ0v) is 11.8. The highest BCUT2D eigenvalue weighted by molar-refractivity contribution is 6.31. The van der Waals surface area contributed by atoms with Crippen LogP contribution < -0.4 is 4.90 Å². The van der Waals surface area contributed by atoms with Crippen LogP contribution in [0.4, 0.5) is 5.69 Å². The largest absolute Gasteiger partial charge is 0.274 e. The van der Waals surface area contributed by atoms with E-state index in [0.29, 0.717) is 10.7 Å². The minimum atomic E-state index is -0.559. The van der Waals surface area contributed by atoms with E-state index in [1.807, 2.05) is 6.92 Å². The molecule has 2 fully saturated rings. The zero-order valence-electron chi connectivity index (χ0n) is 11.0. The molecule has 4 atom stereocenters. The first-order chi connectivity index (χ1) is 9.53. The third-order valence-electron chi connectivity index (χ3n) is 5.20. The van der Waals surface area contributed by atoms with Crippen molar-refractivity contribution < 1.29 is 9.59 Å². The Bertz CT molecular complexity index is 651. The van der Waals surface area contributed by atoms with Crippen LogP contribution >= 0.6 is 11.6 Å². The summed E-state index contributed by atoms with van der Waals surface area (Å²) in [6, 6.07) is 6.89. The molecule has 2 aliphatic carbocycles. The number of allylic oxidation sites excluding steroid dienone is 2. The van der Waals surface area contributed by atoms with Crippen molar-refractivity contribution >= 4 is 29.1 Å². The topological polar surface area (TPSA) is 37.4 Å². The maximum absolute atomic E-state index is 12.8. The van der Waals surface area contributed by atoms with Gasteiger partial charge in [0.2, 0.25) is 11.8 Å². The van der Waals surface area contributed by atoms with E-state index in [1.54, 1.807) is 24.3 Å². The van der Waals surface area contributed by atoms with Gasteiger partial charge >= 0.3 is 0 Å². The number of rotatable bonds is 1. The Morgan fingerprint density at radius 3 is 2.55 bits per heavy atom. The van der Waals surface area contributed by atoms with E-state index in [0.717, 1.165) is 6.42 Å². The van der Waals surface area contributed by atoms with Gasteiger partial charge in [-0.2, -0.15) is 0 Å². The van der Waals surface area contributed by atoms with Gasteiger partial charge < -0.3 is 0 Å². The van der Waals surface area contributed by atoms with Crippen LogP contribution in [0.15, 0.2) is 36.4 Å². The van der Waals surface area contributed by atoms with Crippen LogP contribution in [0, 0.1) is 23.2 Å². The first-order valence-electron chi connectivity index (χ1n) is 6.86. The van der Waals surface area contributed by atoms with Gasteiger partial charge in [0.1, 0.15) is 0 Å². The standard InChI is InChI=1S/C16H14ClNO2/c1-16-10-3-2-9(8-10)13(16)14(19)18(15(16)20)12-6-4-11(17)5-7-12/h2-7,9-10,13H,8H2,1H3/t9-,10+,13-,16-/m1/s1. The predicted octanol–water partition coefficient (Wildman–Crippen LogP) is 3.04. The lowest BCUT2D eigenvalue weighted by Crippen LogP contribution is -2.37. The molecule has 4 rings (SSSR count). The number of amides is 2. The SMILES string of the molecule is C[C@]12C(=O)N(c3ccc(Cl)cc3)C(=O)[C@H]1[C@@H]1C=C[C@H]2C1. The molecule has 2 amide bonds. The lowest BCUT2D eigenvalue weighted by atomic mass is 9.71. The average Bonchev–Trinajstić information content (AvgIpc) is 3.05. The summed E-state index contributed by atoms with van der Waals surface area (Å²) < 4.78 is 0. The summed E-state index contributed by atoms with van der Waals surface area (Å²) in [5.41, 5.74) is 0.0651. The second-order valence-corrected chi connectivity index (χ2v) is 6.54. The van der Waals surface area contributed by atoms with Crippen molar-refractivity contribution in [2.75, 3.05) is 4.90 Å². The predicted molar refractivity (Wildman–Crippen MR) is 76.3 cm³/mol. The normalized spacial score (nSPS) is 37.9. The number of fused-ring (bicyclic) bond motifs is 5. The van der Waals surface area contributed by atoms with Gasteiger partial charge in [0.25, 0.3) is 0 Å². The van der Waals surface area contributed by atoms with Gasteiger partial charge in [0.15, 0.2) is 0 Å². The minimum Gasteiger partial charge on any atom is -0.274 e. The van der Waals surface area contributed by atoms with Crippen LogP contribution in [0.3, 0.4) is 0 Å². The van der Waals surface area contributed by atoms with Crippen molar-refractivity contribution in [3.8, 4) is 0 Å². The van der Waals surface area contributed by atoms with Crippen LogP contribution in [0.1, 0.15) is 13.3 Å². The van der Waals surface area contributed by atoms with Gasteiger partial charge in [-0.3, -0.25) is 9.59 Å². The molecule has 3 aliphatic rings. The molecule has 1 aliphatic heterocycles. The molecule has 20 heavy (non-hydrogen) atoms. The van der Waals surface area contributed by atoms with Crippen molar-refractivity contribution in [1.82, 2.24) is 0 Å². The third kappa shape index (κ3) is 1.27. The molecule has 102 valence electrons. The Labute approximate surface area is 122 Å². The zero-order chi connectivity index (χ0) is 14.1. The Kier molecular flexibility index (Phi) is 2.27. The summed E-state index contributed by atoms with van der Waals surface area (Å²) in [6.07, 6.45) is 5.15. The highest BCUT2D eigenvalue weighted by atomic mass is 35.5. The third-order valence-corrected chi connectivity index (χ3v) is 5.45. The lowest BCUT2D eigenvalue weighted by molar-refractivity contribution is -0.127. The molecule has 1 aromatic rings. The van der Waals surface area contributed by atoms with E-state index in [-0.39, 0.29) is 29.6 Å². The fraction of sp³-hybridized carbons (Fsp3) is 0.375. The van der Waals surface area contributed by atoms with Crippen LogP contribution in [0.2, 0.25) is 5.02 Å². The smallest absolute Gasteiger partial charge is 0.241 e. The van der Waals surface area contributed by atoms with Crippen molar-refractivity contribution in [3.05, 3.63) is 41.4 Å². The van der Waals surface area contributed by atoms with Crippen molar-refractivity contribution in [1.29, 1.82) is 0 Å². The molecule has 4 heteroatoms. The summed E-state index contributed by atoms with van der Waals surface area (Å²) in [5, 5.41) is 0.598. The van der Waals surface area contributed by atoms with Crippen molar-refractivity contribution in [2.24, 2.45) is 23.2 Å². The number of halogens is 1. The number of hydrogen-bond donors (Lipinski definition) is 0. The van der Waals surface area contributed by atoms with E-state index in [9.17, 15) is 9.59 Å². The second-order valence-electron chi connectivity index (χ2n) is 6.11. The number of carbonyl (C=O) groups is 2. The summed E-state index contributed by atoms with van der Waals surface area (Å²) in [5.74, 6) is 0.106. The molecule has 1 aromatic carbocycles. The van der Waals surface area contributed by atoms with Gasteiger partial charge in [0, 0.05) is 5.02 Å². The number of imide groups is 1. The van der Waals surface area contributed by atoms with Gasteiger partial charge in [-0.1, -0.05) is 23.8 Å². The van der Waals surface area contributed by atoms with Gasteiger partial charge in [-0.25, -0.2) is 4.90 Å². The molecule has 0 radical (unpaired) electrons.